The van der Waals surface area contributed by atoms with Crippen molar-refractivity contribution >= 4 is 23.4 Å². The van der Waals surface area contributed by atoms with Crippen molar-refractivity contribution in [1.82, 2.24) is 9.97 Å². The quantitative estimate of drug-likeness (QED) is 0.620. The highest BCUT2D eigenvalue weighted by atomic mass is 32.2. The summed E-state index contributed by atoms with van der Waals surface area (Å²) in [4.78, 5) is 30.6. The SMILES string of the molecule is CCOc1ccccc1NC(=O)CSc1nc(=O)[nH]c2c1CCC2. The molecule has 126 valence electrons. The number of hydrogen-bond acceptors (Lipinski definition) is 5. The molecule has 0 atom stereocenters. The first-order valence-electron chi connectivity index (χ1n) is 7.94. The first-order valence-corrected chi connectivity index (χ1v) is 8.92. The third kappa shape index (κ3) is 3.79. The number of thioether (sulfide) groups is 1. The molecular formula is C17H19N3O3S. The molecule has 1 heterocycles. The summed E-state index contributed by atoms with van der Waals surface area (Å²) in [6.07, 6.45) is 2.78. The molecule has 3 rings (SSSR count). The highest BCUT2D eigenvalue weighted by Crippen LogP contribution is 2.28. The lowest BCUT2D eigenvalue weighted by Gasteiger charge is -2.11. The molecule has 1 aliphatic rings. The lowest BCUT2D eigenvalue weighted by Crippen LogP contribution is -2.17. The van der Waals surface area contributed by atoms with Gasteiger partial charge in [-0.1, -0.05) is 23.9 Å². The molecule has 7 heteroatoms. The van der Waals surface area contributed by atoms with Gasteiger partial charge in [-0.25, -0.2) is 4.79 Å². The van der Waals surface area contributed by atoms with E-state index in [1.165, 1.54) is 11.8 Å². The smallest absolute Gasteiger partial charge is 0.346 e. The van der Waals surface area contributed by atoms with E-state index in [1.54, 1.807) is 6.07 Å². The fourth-order valence-electron chi connectivity index (χ4n) is 2.73. The molecule has 1 aromatic heterocycles. The average molecular weight is 345 g/mol. The minimum Gasteiger partial charge on any atom is -0.492 e. The molecule has 0 saturated heterocycles. The van der Waals surface area contributed by atoms with Gasteiger partial charge in [0, 0.05) is 11.3 Å². The summed E-state index contributed by atoms with van der Waals surface area (Å²) < 4.78 is 5.50. The first kappa shape index (κ1) is 16.6. The predicted molar refractivity (Wildman–Crippen MR) is 93.8 cm³/mol. The van der Waals surface area contributed by atoms with Gasteiger partial charge in [-0.3, -0.25) is 4.79 Å². The van der Waals surface area contributed by atoms with E-state index in [9.17, 15) is 9.59 Å². The second-order valence-corrected chi connectivity index (χ2v) is 6.39. The van der Waals surface area contributed by atoms with Crippen molar-refractivity contribution in [3.8, 4) is 5.75 Å². The van der Waals surface area contributed by atoms with Crippen LogP contribution in [-0.2, 0) is 17.6 Å². The van der Waals surface area contributed by atoms with Crippen LogP contribution in [0.15, 0.2) is 34.1 Å². The van der Waals surface area contributed by atoms with Gasteiger partial charge in [0.25, 0.3) is 0 Å². The average Bonchev–Trinajstić information content (AvgIpc) is 3.03. The maximum atomic E-state index is 12.2. The van der Waals surface area contributed by atoms with Crippen LogP contribution in [-0.4, -0.2) is 28.2 Å². The Kier molecular flexibility index (Phi) is 5.20. The molecule has 2 aromatic rings. The minimum absolute atomic E-state index is 0.152. The van der Waals surface area contributed by atoms with Crippen molar-refractivity contribution in [3.05, 3.63) is 46.0 Å². The van der Waals surface area contributed by atoms with Gasteiger partial charge in [0.15, 0.2) is 0 Å². The Hall–Kier alpha value is -2.28. The highest BCUT2D eigenvalue weighted by molar-refractivity contribution is 8.00. The Labute approximate surface area is 144 Å². The van der Waals surface area contributed by atoms with E-state index >= 15 is 0 Å². The largest absolute Gasteiger partial charge is 0.492 e. The van der Waals surface area contributed by atoms with Gasteiger partial charge in [-0.2, -0.15) is 4.98 Å². The third-order valence-electron chi connectivity index (χ3n) is 3.74. The fraction of sp³-hybridized carbons (Fsp3) is 0.353. The maximum Gasteiger partial charge on any atom is 0.346 e. The van der Waals surface area contributed by atoms with Crippen molar-refractivity contribution in [3.63, 3.8) is 0 Å². The number of hydrogen-bond donors (Lipinski definition) is 2. The van der Waals surface area contributed by atoms with E-state index in [4.69, 9.17) is 4.74 Å². The summed E-state index contributed by atoms with van der Waals surface area (Å²) in [7, 11) is 0. The number of H-pyrrole nitrogens is 1. The Morgan fingerprint density at radius 2 is 2.21 bits per heavy atom. The third-order valence-corrected chi connectivity index (χ3v) is 4.76. The van der Waals surface area contributed by atoms with Crippen LogP contribution in [0.4, 0.5) is 5.69 Å². The standard InChI is InChI=1S/C17H19N3O3S/c1-2-23-14-9-4-3-7-13(14)18-15(21)10-24-16-11-6-5-8-12(11)19-17(22)20-16/h3-4,7,9H,2,5-6,8,10H2,1H3,(H,18,21)(H,19,20,22). The normalized spacial score (nSPS) is 12.7. The molecule has 1 aliphatic carbocycles. The molecule has 2 N–H and O–H groups in total. The van der Waals surface area contributed by atoms with E-state index in [0.29, 0.717) is 23.1 Å². The molecule has 0 aliphatic heterocycles. The number of rotatable bonds is 6. The topological polar surface area (TPSA) is 84.1 Å². The molecule has 0 unspecified atom stereocenters. The van der Waals surface area contributed by atoms with Crippen molar-refractivity contribution in [1.29, 1.82) is 0 Å². The summed E-state index contributed by atoms with van der Waals surface area (Å²) >= 11 is 1.30. The van der Waals surface area contributed by atoms with Crippen LogP contribution in [0.5, 0.6) is 5.75 Å². The lowest BCUT2D eigenvalue weighted by molar-refractivity contribution is -0.113. The number of nitrogens with one attached hydrogen (secondary N) is 2. The van der Waals surface area contributed by atoms with Gasteiger partial charge in [-0.05, 0) is 38.3 Å². The van der Waals surface area contributed by atoms with Crippen molar-refractivity contribution < 1.29 is 9.53 Å². The number of amides is 1. The summed E-state index contributed by atoms with van der Waals surface area (Å²) in [6.45, 7) is 2.43. The molecule has 1 amide bonds. The number of anilines is 1. The minimum atomic E-state index is -0.347. The number of carbonyl (C=O) groups excluding carboxylic acids is 1. The van der Waals surface area contributed by atoms with Crippen molar-refractivity contribution in [2.75, 3.05) is 17.7 Å². The summed E-state index contributed by atoms with van der Waals surface area (Å²) in [5.74, 6) is 0.693. The van der Waals surface area contributed by atoms with Gasteiger partial charge in [0.05, 0.1) is 18.0 Å². The lowest BCUT2D eigenvalue weighted by atomic mass is 10.3. The number of benzene rings is 1. The summed E-state index contributed by atoms with van der Waals surface area (Å²) in [5.41, 5.74) is 2.33. The number of aromatic amines is 1. The van der Waals surface area contributed by atoms with Crippen LogP contribution in [0.1, 0.15) is 24.6 Å². The number of aromatic nitrogens is 2. The molecule has 6 nitrogen and oxygen atoms in total. The van der Waals surface area contributed by atoms with Gasteiger partial charge in [0.1, 0.15) is 10.8 Å². The van der Waals surface area contributed by atoms with E-state index in [2.05, 4.69) is 15.3 Å². The Morgan fingerprint density at radius 3 is 3.04 bits per heavy atom. The second kappa shape index (κ2) is 7.53. The van der Waals surface area contributed by atoms with Crippen LogP contribution in [0.3, 0.4) is 0 Å². The number of para-hydroxylation sites is 2. The van der Waals surface area contributed by atoms with Gasteiger partial charge in [-0.15, -0.1) is 0 Å². The van der Waals surface area contributed by atoms with E-state index < -0.39 is 0 Å². The first-order chi connectivity index (χ1) is 11.7. The summed E-state index contributed by atoms with van der Waals surface area (Å²) in [6, 6.07) is 7.32. The second-order valence-electron chi connectivity index (χ2n) is 5.42. The van der Waals surface area contributed by atoms with Gasteiger partial charge < -0.3 is 15.0 Å². The van der Waals surface area contributed by atoms with Gasteiger partial charge >= 0.3 is 5.69 Å². The fourth-order valence-corrected chi connectivity index (χ4v) is 3.61. The van der Waals surface area contributed by atoms with E-state index in [1.807, 2.05) is 25.1 Å². The number of aryl methyl sites for hydroxylation is 1. The van der Waals surface area contributed by atoms with Crippen molar-refractivity contribution in [2.45, 2.75) is 31.2 Å². The zero-order chi connectivity index (χ0) is 16.9. The highest BCUT2D eigenvalue weighted by Gasteiger charge is 2.19. The molecule has 0 saturated carbocycles. The predicted octanol–water partition coefficient (Wildman–Crippen LogP) is 2.39. The molecule has 0 bridgehead atoms. The van der Waals surface area contributed by atoms with Crippen LogP contribution in [0.25, 0.3) is 0 Å². The molecule has 0 fully saturated rings. The maximum absolute atomic E-state index is 12.2. The van der Waals surface area contributed by atoms with Crippen LogP contribution >= 0.6 is 11.8 Å². The Bertz CT molecular complexity index is 804. The van der Waals surface area contributed by atoms with E-state index in [-0.39, 0.29) is 17.3 Å². The number of nitrogens with zero attached hydrogens (tertiary/aromatic N) is 1. The Balaban J connectivity index is 1.66. The zero-order valence-corrected chi connectivity index (χ0v) is 14.2. The monoisotopic (exact) mass is 345 g/mol. The number of carbonyl (C=O) groups is 1. The van der Waals surface area contributed by atoms with Crippen LogP contribution < -0.4 is 15.7 Å². The summed E-state index contributed by atoms with van der Waals surface area (Å²) in [5, 5.41) is 3.52. The molecule has 24 heavy (non-hydrogen) atoms. The molecular weight excluding hydrogens is 326 g/mol. The molecule has 0 spiro atoms. The number of ether oxygens (including phenoxy) is 1. The zero-order valence-electron chi connectivity index (χ0n) is 13.4. The van der Waals surface area contributed by atoms with Crippen LogP contribution in [0, 0.1) is 0 Å². The van der Waals surface area contributed by atoms with Gasteiger partial charge in [0.2, 0.25) is 5.91 Å². The van der Waals surface area contributed by atoms with Crippen LogP contribution in [0.2, 0.25) is 0 Å². The van der Waals surface area contributed by atoms with Crippen molar-refractivity contribution in [2.24, 2.45) is 0 Å². The number of fused-ring (bicyclic) bond motifs is 1. The molecule has 1 aromatic carbocycles. The molecule has 0 radical (unpaired) electrons. The Morgan fingerprint density at radius 1 is 1.38 bits per heavy atom. The van der Waals surface area contributed by atoms with E-state index in [0.717, 1.165) is 30.5 Å².